The Morgan fingerprint density at radius 1 is 1.22 bits per heavy atom. The number of hydrogen-bond donors (Lipinski definition) is 0. The minimum absolute atomic E-state index is 0.305. The fraction of sp³-hybridized carbons (Fsp3) is 0.294. The van der Waals surface area contributed by atoms with Crippen molar-refractivity contribution in [3.63, 3.8) is 0 Å². The van der Waals surface area contributed by atoms with Crippen molar-refractivity contribution in [3.8, 4) is 12.0 Å². The highest BCUT2D eigenvalue weighted by molar-refractivity contribution is 7.99. The van der Waals surface area contributed by atoms with Gasteiger partial charge in [0.05, 0.1) is 10.6 Å². The van der Waals surface area contributed by atoms with Crippen molar-refractivity contribution in [2.45, 2.75) is 18.4 Å². The fourth-order valence-electron chi connectivity index (χ4n) is 1.95. The van der Waals surface area contributed by atoms with E-state index in [0.717, 1.165) is 15.7 Å². The molecule has 6 heteroatoms. The smallest absolute Gasteiger partial charge is 0.330 e. The predicted molar refractivity (Wildman–Crippen MR) is 91.4 cm³/mol. The van der Waals surface area contributed by atoms with Crippen molar-refractivity contribution >= 4 is 11.8 Å². The second-order valence-electron chi connectivity index (χ2n) is 5.03. The van der Waals surface area contributed by atoms with Gasteiger partial charge in [0.15, 0.2) is 0 Å². The van der Waals surface area contributed by atoms with Gasteiger partial charge in [0.25, 0.3) is 5.56 Å². The second-order valence-corrected chi connectivity index (χ2v) is 6.05. The molecule has 0 aliphatic carbocycles. The van der Waals surface area contributed by atoms with Crippen molar-refractivity contribution in [1.29, 1.82) is 0 Å². The lowest BCUT2D eigenvalue weighted by Gasteiger charge is -2.04. The third-order valence-electron chi connectivity index (χ3n) is 3.35. The molecule has 5 nitrogen and oxygen atoms in total. The summed E-state index contributed by atoms with van der Waals surface area (Å²) in [6.07, 6.45) is 4.18. The minimum atomic E-state index is -0.341. The monoisotopic (exact) mass is 330 g/mol. The minimum Gasteiger partial charge on any atom is -0.442 e. The topological polar surface area (TPSA) is 53.2 Å². The summed E-state index contributed by atoms with van der Waals surface area (Å²) in [7, 11) is 3.08. The normalized spacial score (nSPS) is 10.0. The maximum Gasteiger partial charge on any atom is 0.330 e. The Balaban J connectivity index is 1.91. The molecule has 0 atom stereocenters. The van der Waals surface area contributed by atoms with E-state index < -0.39 is 0 Å². The van der Waals surface area contributed by atoms with Gasteiger partial charge in [-0.2, -0.15) is 0 Å². The molecule has 0 aliphatic heterocycles. The molecule has 0 unspecified atom stereocenters. The number of hydrogen-bond acceptors (Lipinski definition) is 4. The first-order valence-electron chi connectivity index (χ1n) is 7.04. The van der Waals surface area contributed by atoms with E-state index in [2.05, 4.69) is 12.0 Å². The lowest BCUT2D eigenvalue weighted by molar-refractivity contribution is 0.264. The van der Waals surface area contributed by atoms with Gasteiger partial charge < -0.3 is 9.30 Å². The molecular weight excluding hydrogens is 312 g/mol. The van der Waals surface area contributed by atoms with Gasteiger partial charge in [-0.3, -0.25) is 9.36 Å². The lowest BCUT2D eigenvalue weighted by Crippen LogP contribution is -2.37. The second kappa shape index (κ2) is 7.75. The van der Waals surface area contributed by atoms with Crippen molar-refractivity contribution in [3.05, 3.63) is 62.4 Å². The molecule has 0 N–H and O–H groups in total. The highest BCUT2D eigenvalue weighted by atomic mass is 32.2. The third-order valence-corrected chi connectivity index (χ3v) is 4.23. The maximum absolute atomic E-state index is 11.9. The zero-order chi connectivity index (χ0) is 16.8. The molecule has 1 aromatic carbocycles. The molecule has 0 amide bonds. The average Bonchev–Trinajstić information content (AvgIpc) is 2.54. The van der Waals surface area contributed by atoms with Crippen LogP contribution in [0.2, 0.25) is 0 Å². The summed E-state index contributed by atoms with van der Waals surface area (Å²) in [5.41, 5.74) is 1.62. The Morgan fingerprint density at radius 2 is 1.96 bits per heavy atom. The summed E-state index contributed by atoms with van der Waals surface area (Å²) in [5.74, 6) is 3.28. The summed E-state index contributed by atoms with van der Waals surface area (Å²) in [6, 6.07) is 7.97. The van der Waals surface area contributed by atoms with Crippen LogP contribution in [0.4, 0.5) is 0 Å². The van der Waals surface area contributed by atoms with Crippen LogP contribution in [0.15, 0.2) is 44.9 Å². The molecule has 2 aromatic rings. The van der Waals surface area contributed by atoms with Crippen molar-refractivity contribution in [2.75, 3.05) is 5.75 Å². The number of benzene rings is 1. The Labute approximate surface area is 138 Å². The van der Waals surface area contributed by atoms with E-state index in [1.807, 2.05) is 31.2 Å². The highest BCUT2D eigenvalue weighted by Gasteiger charge is 2.06. The first-order chi connectivity index (χ1) is 11.0. The van der Waals surface area contributed by atoms with E-state index in [-0.39, 0.29) is 11.2 Å². The maximum atomic E-state index is 11.9. The van der Waals surface area contributed by atoms with Crippen LogP contribution < -0.4 is 11.2 Å². The Kier molecular flexibility index (Phi) is 5.72. The summed E-state index contributed by atoms with van der Waals surface area (Å²) in [4.78, 5) is 24.0. The molecule has 23 heavy (non-hydrogen) atoms. The van der Waals surface area contributed by atoms with Gasteiger partial charge >= 0.3 is 5.69 Å². The van der Waals surface area contributed by atoms with E-state index in [1.165, 1.54) is 29.6 Å². The van der Waals surface area contributed by atoms with Gasteiger partial charge in [-0.15, -0.1) is 11.8 Å². The largest absolute Gasteiger partial charge is 0.442 e. The van der Waals surface area contributed by atoms with Crippen LogP contribution in [-0.2, 0) is 25.4 Å². The summed E-state index contributed by atoms with van der Waals surface area (Å²) in [5, 5.41) is 0. The predicted octanol–water partition coefficient (Wildman–Crippen LogP) is 1.66. The number of aromatic nitrogens is 2. The average molecular weight is 330 g/mol. The van der Waals surface area contributed by atoms with E-state index in [0.29, 0.717) is 17.3 Å². The van der Waals surface area contributed by atoms with Crippen LogP contribution in [0, 0.1) is 19.0 Å². The van der Waals surface area contributed by atoms with Gasteiger partial charge in [0.2, 0.25) is 0 Å². The number of thioether (sulfide) groups is 1. The molecule has 120 valence electrons. The number of ether oxygens (including phenoxy) is 1. The van der Waals surface area contributed by atoms with Crippen molar-refractivity contribution < 1.29 is 4.74 Å². The molecule has 0 radical (unpaired) electrons. The number of aryl methyl sites for hydroxylation is 2. The highest BCUT2D eigenvalue weighted by Crippen LogP contribution is 2.10. The van der Waals surface area contributed by atoms with Crippen LogP contribution in [0.1, 0.15) is 11.1 Å². The Morgan fingerprint density at radius 3 is 2.70 bits per heavy atom. The van der Waals surface area contributed by atoms with Crippen LogP contribution in [-0.4, -0.2) is 14.9 Å². The quantitative estimate of drug-likeness (QED) is 0.632. The molecule has 1 heterocycles. The van der Waals surface area contributed by atoms with Crippen LogP contribution in [0.3, 0.4) is 0 Å². The molecule has 0 spiro atoms. The molecule has 0 saturated heterocycles. The zero-order valence-electron chi connectivity index (χ0n) is 13.3. The molecule has 1 aromatic heterocycles. The summed E-state index contributed by atoms with van der Waals surface area (Å²) < 4.78 is 7.79. The zero-order valence-corrected chi connectivity index (χ0v) is 14.1. The molecule has 2 rings (SSSR count). The van der Waals surface area contributed by atoms with Crippen molar-refractivity contribution in [2.24, 2.45) is 14.1 Å². The van der Waals surface area contributed by atoms with Gasteiger partial charge in [-0.25, -0.2) is 4.79 Å². The molecule has 0 bridgehead atoms. The fourth-order valence-corrected chi connectivity index (χ4v) is 2.73. The molecular formula is C17H18N2O3S. The van der Waals surface area contributed by atoms with Gasteiger partial charge in [0, 0.05) is 20.3 Å². The SMILES string of the molecule is Cc1ccccc1COC#CCSc1cn(C)c(=O)n(C)c1=O. The summed E-state index contributed by atoms with van der Waals surface area (Å²) in [6.45, 7) is 2.46. The Bertz CT molecular complexity index is 872. The standard InChI is InChI=1S/C17H18N2O3S/c1-13-7-4-5-8-14(13)12-22-9-6-10-23-15-11-18(2)17(21)19(3)16(15)20/h4-5,7-8,11H,10,12H2,1-3H3. The van der Waals surface area contributed by atoms with Crippen LogP contribution >= 0.6 is 11.8 Å². The number of rotatable bonds is 4. The van der Waals surface area contributed by atoms with E-state index in [1.54, 1.807) is 7.05 Å². The first kappa shape index (κ1) is 17.0. The van der Waals surface area contributed by atoms with E-state index in [9.17, 15) is 9.59 Å². The van der Waals surface area contributed by atoms with Gasteiger partial charge in [0.1, 0.15) is 12.7 Å². The van der Waals surface area contributed by atoms with Crippen LogP contribution in [0.5, 0.6) is 0 Å². The first-order valence-corrected chi connectivity index (χ1v) is 8.03. The molecule has 0 aliphatic rings. The molecule has 0 fully saturated rings. The molecule has 0 saturated carbocycles. The number of nitrogens with zero attached hydrogens (tertiary/aromatic N) is 2. The van der Waals surface area contributed by atoms with Gasteiger partial charge in [-0.1, -0.05) is 24.3 Å². The lowest BCUT2D eigenvalue weighted by atomic mass is 10.1. The Hall–Kier alpha value is -2.39. The van der Waals surface area contributed by atoms with E-state index >= 15 is 0 Å². The van der Waals surface area contributed by atoms with Crippen LogP contribution in [0.25, 0.3) is 0 Å². The van der Waals surface area contributed by atoms with Gasteiger partial charge in [-0.05, 0) is 24.0 Å². The summed E-state index contributed by atoms with van der Waals surface area (Å²) >= 11 is 1.29. The third kappa shape index (κ3) is 4.30. The van der Waals surface area contributed by atoms with Crippen molar-refractivity contribution in [1.82, 2.24) is 9.13 Å². The van der Waals surface area contributed by atoms with E-state index in [4.69, 9.17) is 4.74 Å².